The molecule has 2 nitrogen and oxygen atoms in total. The Labute approximate surface area is 114 Å². The normalized spacial score (nSPS) is 11.5. The molecule has 0 heterocycles. The highest BCUT2D eigenvalue weighted by Crippen LogP contribution is 2.28. The molecule has 0 aliphatic carbocycles. The molecule has 0 spiro atoms. The van der Waals surface area contributed by atoms with E-state index in [0.717, 1.165) is 5.56 Å². The minimum atomic E-state index is -4.67. The SMILES string of the molecule is O=S(=O)(F)c1ccc(-c2cc(Cl)cc(Cl)c2)cc1. The maximum atomic E-state index is 12.7. The fourth-order valence-electron chi connectivity index (χ4n) is 1.53. The van der Waals surface area contributed by atoms with Crippen LogP contribution in [0.25, 0.3) is 11.1 Å². The third kappa shape index (κ3) is 3.02. The molecule has 0 N–H and O–H groups in total. The van der Waals surface area contributed by atoms with E-state index >= 15 is 0 Å². The lowest BCUT2D eigenvalue weighted by atomic mass is 10.1. The summed E-state index contributed by atoms with van der Waals surface area (Å²) in [7, 11) is -4.67. The van der Waals surface area contributed by atoms with Crippen LogP contribution in [-0.2, 0) is 10.2 Å². The van der Waals surface area contributed by atoms with E-state index in [9.17, 15) is 12.3 Å². The minimum absolute atomic E-state index is 0.376. The van der Waals surface area contributed by atoms with Gasteiger partial charge in [0.15, 0.2) is 0 Å². The van der Waals surface area contributed by atoms with Crippen molar-refractivity contribution in [2.45, 2.75) is 4.90 Å². The smallest absolute Gasteiger partial charge is 0.189 e. The summed E-state index contributed by atoms with van der Waals surface area (Å²) < 4.78 is 34.1. The van der Waals surface area contributed by atoms with Crippen LogP contribution in [0.3, 0.4) is 0 Å². The first kappa shape index (κ1) is 13.3. The van der Waals surface area contributed by atoms with Crippen LogP contribution >= 0.6 is 23.2 Å². The molecule has 0 aliphatic heterocycles. The fourth-order valence-corrected chi connectivity index (χ4v) is 2.52. The number of benzene rings is 2. The van der Waals surface area contributed by atoms with E-state index in [2.05, 4.69) is 0 Å². The fraction of sp³-hybridized carbons (Fsp3) is 0. The maximum Gasteiger partial charge on any atom is 0.332 e. The molecule has 0 unspecified atom stereocenters. The van der Waals surface area contributed by atoms with Crippen molar-refractivity contribution in [1.82, 2.24) is 0 Å². The highest BCUT2D eigenvalue weighted by Gasteiger charge is 2.11. The van der Waals surface area contributed by atoms with E-state index < -0.39 is 10.2 Å². The van der Waals surface area contributed by atoms with Crippen molar-refractivity contribution in [1.29, 1.82) is 0 Å². The molecule has 18 heavy (non-hydrogen) atoms. The third-order valence-electron chi connectivity index (χ3n) is 2.33. The van der Waals surface area contributed by atoms with Gasteiger partial charge < -0.3 is 0 Å². The maximum absolute atomic E-state index is 12.7. The van der Waals surface area contributed by atoms with Crippen LogP contribution in [0, 0.1) is 0 Å². The van der Waals surface area contributed by atoms with Crippen LogP contribution in [0.4, 0.5) is 3.89 Å². The molecule has 0 saturated carbocycles. The largest absolute Gasteiger partial charge is 0.332 e. The molecule has 94 valence electrons. The van der Waals surface area contributed by atoms with Crippen LogP contribution in [0.1, 0.15) is 0 Å². The average molecular weight is 305 g/mol. The molecule has 2 aromatic rings. The molecule has 0 bridgehead atoms. The van der Waals surface area contributed by atoms with Gasteiger partial charge >= 0.3 is 10.2 Å². The van der Waals surface area contributed by atoms with Gasteiger partial charge in [0.1, 0.15) is 0 Å². The topological polar surface area (TPSA) is 34.1 Å². The van der Waals surface area contributed by atoms with E-state index in [1.807, 2.05) is 0 Å². The van der Waals surface area contributed by atoms with Crippen molar-refractivity contribution in [2.24, 2.45) is 0 Å². The third-order valence-corrected chi connectivity index (χ3v) is 3.60. The summed E-state index contributed by atoms with van der Waals surface area (Å²) in [4.78, 5) is -0.376. The van der Waals surface area contributed by atoms with Crippen LogP contribution < -0.4 is 0 Å². The average Bonchev–Trinajstić information content (AvgIpc) is 2.27. The standard InChI is InChI=1S/C12H7Cl2FO2S/c13-10-5-9(6-11(14)7-10)8-1-3-12(4-2-8)18(15,16)17/h1-7H. The molecule has 0 amide bonds. The van der Waals surface area contributed by atoms with Gasteiger partial charge in [0.05, 0.1) is 4.90 Å². The van der Waals surface area contributed by atoms with Gasteiger partial charge in [0, 0.05) is 10.0 Å². The van der Waals surface area contributed by atoms with Crippen molar-refractivity contribution >= 4 is 33.4 Å². The Hall–Kier alpha value is -1.10. The first-order valence-corrected chi connectivity index (χ1v) is 7.01. The number of hydrogen-bond acceptors (Lipinski definition) is 2. The Kier molecular flexibility index (Phi) is 3.61. The van der Waals surface area contributed by atoms with Crippen molar-refractivity contribution in [3.63, 3.8) is 0 Å². The molecule has 0 saturated heterocycles. The number of hydrogen-bond donors (Lipinski definition) is 0. The lowest BCUT2D eigenvalue weighted by molar-refractivity contribution is 0.552. The molecular weight excluding hydrogens is 298 g/mol. The Bertz CT molecular complexity index is 661. The van der Waals surface area contributed by atoms with Crippen molar-refractivity contribution in [3.05, 3.63) is 52.5 Å². The summed E-state index contributed by atoms with van der Waals surface area (Å²) in [6, 6.07) is 10.3. The highest BCUT2D eigenvalue weighted by molar-refractivity contribution is 7.86. The molecule has 0 aliphatic rings. The molecule has 0 fully saturated rings. The molecular formula is C12H7Cl2FO2S. The van der Waals surface area contributed by atoms with E-state index in [1.165, 1.54) is 24.3 Å². The lowest BCUT2D eigenvalue weighted by Gasteiger charge is -2.04. The van der Waals surface area contributed by atoms with E-state index in [1.54, 1.807) is 18.2 Å². The molecule has 2 rings (SSSR count). The van der Waals surface area contributed by atoms with Crippen LogP contribution in [-0.4, -0.2) is 8.42 Å². The van der Waals surface area contributed by atoms with Gasteiger partial charge in [-0.05, 0) is 41.5 Å². The lowest BCUT2D eigenvalue weighted by Crippen LogP contribution is -1.91. The summed E-state index contributed by atoms with van der Waals surface area (Å²) in [5.74, 6) is 0. The second-order valence-electron chi connectivity index (χ2n) is 3.62. The minimum Gasteiger partial charge on any atom is -0.189 e. The Morgan fingerprint density at radius 2 is 1.33 bits per heavy atom. The van der Waals surface area contributed by atoms with E-state index in [-0.39, 0.29) is 4.90 Å². The highest BCUT2D eigenvalue weighted by atomic mass is 35.5. The summed E-state index contributed by atoms with van der Waals surface area (Å²) >= 11 is 11.7. The van der Waals surface area contributed by atoms with E-state index in [4.69, 9.17) is 23.2 Å². The Balaban J connectivity index is 2.46. The van der Waals surface area contributed by atoms with E-state index in [0.29, 0.717) is 15.6 Å². The second kappa shape index (κ2) is 4.88. The quantitative estimate of drug-likeness (QED) is 0.774. The van der Waals surface area contributed by atoms with Gasteiger partial charge in [-0.1, -0.05) is 35.3 Å². The van der Waals surface area contributed by atoms with Gasteiger partial charge in [0.2, 0.25) is 0 Å². The zero-order valence-corrected chi connectivity index (χ0v) is 11.2. The Morgan fingerprint density at radius 1 is 0.833 bits per heavy atom. The summed E-state index contributed by atoms with van der Waals surface area (Å²) in [5, 5.41) is 0.944. The van der Waals surface area contributed by atoms with Gasteiger partial charge in [0.25, 0.3) is 0 Å². The van der Waals surface area contributed by atoms with Gasteiger partial charge in [-0.25, -0.2) is 0 Å². The monoisotopic (exact) mass is 304 g/mol. The predicted octanol–water partition coefficient (Wildman–Crippen LogP) is 4.32. The molecule has 2 aromatic carbocycles. The zero-order valence-electron chi connectivity index (χ0n) is 8.90. The number of halogens is 3. The van der Waals surface area contributed by atoms with Crippen LogP contribution in [0.2, 0.25) is 10.0 Å². The summed E-state index contributed by atoms with van der Waals surface area (Å²) in [5.41, 5.74) is 1.43. The van der Waals surface area contributed by atoms with Crippen molar-refractivity contribution < 1.29 is 12.3 Å². The Morgan fingerprint density at radius 3 is 1.78 bits per heavy atom. The van der Waals surface area contributed by atoms with Gasteiger partial charge in [-0.2, -0.15) is 8.42 Å². The number of rotatable bonds is 2. The van der Waals surface area contributed by atoms with Crippen LogP contribution in [0.5, 0.6) is 0 Å². The molecule has 6 heteroatoms. The molecule has 0 atom stereocenters. The zero-order chi connectivity index (χ0) is 13.3. The van der Waals surface area contributed by atoms with Crippen molar-refractivity contribution in [2.75, 3.05) is 0 Å². The second-order valence-corrected chi connectivity index (χ2v) is 5.84. The first-order chi connectivity index (χ1) is 8.36. The summed E-state index contributed by atoms with van der Waals surface area (Å²) in [6.45, 7) is 0. The van der Waals surface area contributed by atoms with Crippen LogP contribution in [0.15, 0.2) is 47.4 Å². The van der Waals surface area contributed by atoms with Gasteiger partial charge in [-0.3, -0.25) is 0 Å². The predicted molar refractivity (Wildman–Crippen MR) is 70.2 cm³/mol. The van der Waals surface area contributed by atoms with Crippen molar-refractivity contribution in [3.8, 4) is 11.1 Å². The molecule has 0 aromatic heterocycles. The van der Waals surface area contributed by atoms with Gasteiger partial charge in [-0.15, -0.1) is 3.89 Å². The first-order valence-electron chi connectivity index (χ1n) is 4.87. The molecule has 0 radical (unpaired) electrons. The summed E-state index contributed by atoms with van der Waals surface area (Å²) in [6.07, 6.45) is 0.